The highest BCUT2D eigenvalue weighted by atomic mass is 79.9. The largest absolute Gasteiger partial charge is 0.507 e. The first-order valence-corrected chi connectivity index (χ1v) is 9.61. The summed E-state index contributed by atoms with van der Waals surface area (Å²) in [6, 6.07) is 14.6. The predicted octanol–water partition coefficient (Wildman–Crippen LogP) is 5.64. The first-order valence-electron chi connectivity index (χ1n) is 8.44. The number of phenolic OH excluding ortho intramolecular Hbond substituents is 1. The minimum atomic E-state index is -0.475. The summed E-state index contributed by atoms with van der Waals surface area (Å²) in [7, 11) is 0. The Morgan fingerprint density at radius 3 is 2.89 bits per heavy atom. The van der Waals surface area contributed by atoms with Gasteiger partial charge in [-0.05, 0) is 48.5 Å². The van der Waals surface area contributed by atoms with Crippen LogP contribution >= 0.6 is 27.5 Å². The Labute approximate surface area is 168 Å². The Morgan fingerprint density at radius 1 is 1.19 bits per heavy atom. The van der Waals surface area contributed by atoms with Crippen LogP contribution in [0.25, 0.3) is 0 Å². The number of phenols is 1. The van der Waals surface area contributed by atoms with Crippen LogP contribution in [0.4, 0.5) is 0 Å². The fourth-order valence-corrected chi connectivity index (χ4v) is 4.13. The van der Waals surface area contributed by atoms with Crippen LogP contribution in [0.1, 0.15) is 35.6 Å². The van der Waals surface area contributed by atoms with Crippen molar-refractivity contribution < 1.29 is 14.3 Å². The second-order valence-corrected chi connectivity index (χ2v) is 7.83. The number of furan rings is 1. The molecule has 7 heteroatoms. The summed E-state index contributed by atoms with van der Waals surface area (Å²) in [6.07, 6.45) is 1.77. The molecule has 1 N–H and O–H groups in total. The minimum absolute atomic E-state index is 0.0327. The summed E-state index contributed by atoms with van der Waals surface area (Å²) in [5, 5.41) is 17.5. The van der Waals surface area contributed by atoms with Gasteiger partial charge in [-0.15, -0.1) is 0 Å². The smallest absolute Gasteiger partial charge is 0.246 e. The van der Waals surface area contributed by atoms with Gasteiger partial charge < -0.3 is 14.3 Å². The van der Waals surface area contributed by atoms with Crippen LogP contribution in [0.3, 0.4) is 0 Å². The van der Waals surface area contributed by atoms with E-state index in [2.05, 4.69) is 15.9 Å². The zero-order valence-corrected chi connectivity index (χ0v) is 16.3. The van der Waals surface area contributed by atoms with Gasteiger partial charge in [0.2, 0.25) is 6.23 Å². The molecule has 0 unspecified atom stereocenters. The molecule has 2 aromatic carbocycles. The van der Waals surface area contributed by atoms with E-state index in [-0.39, 0.29) is 11.8 Å². The third-order valence-electron chi connectivity index (χ3n) is 4.81. The highest BCUT2D eigenvalue weighted by Crippen LogP contribution is 2.48. The molecule has 0 fully saturated rings. The minimum Gasteiger partial charge on any atom is -0.507 e. The van der Waals surface area contributed by atoms with Gasteiger partial charge >= 0.3 is 0 Å². The molecule has 5 rings (SSSR count). The van der Waals surface area contributed by atoms with Gasteiger partial charge in [0, 0.05) is 27.0 Å². The molecule has 1 aromatic heterocycles. The Balaban J connectivity index is 1.63. The lowest BCUT2D eigenvalue weighted by Crippen LogP contribution is -2.33. The second kappa shape index (κ2) is 6.32. The molecule has 27 heavy (non-hydrogen) atoms. The fourth-order valence-electron chi connectivity index (χ4n) is 3.58. The molecule has 0 spiro atoms. The maximum atomic E-state index is 10.3. The molecule has 2 aliphatic heterocycles. The number of hydrogen-bond donors (Lipinski definition) is 1. The van der Waals surface area contributed by atoms with Crippen molar-refractivity contribution in [1.29, 1.82) is 0 Å². The standard InChI is InChI=1S/C20H14BrClN2O3/c21-11-3-6-18-14(8-11)16-10-15(13-9-12(22)4-5-17(13)25)23-24(16)20(27-18)19-2-1-7-26-19/h1-9,16,20,25H,10H2/t16-,20+/m1/s1. The Morgan fingerprint density at radius 2 is 2.07 bits per heavy atom. The molecule has 0 saturated carbocycles. The van der Waals surface area contributed by atoms with E-state index < -0.39 is 6.23 Å². The highest BCUT2D eigenvalue weighted by molar-refractivity contribution is 9.10. The van der Waals surface area contributed by atoms with Crippen LogP contribution in [-0.2, 0) is 0 Å². The number of aromatic hydroxyl groups is 1. The van der Waals surface area contributed by atoms with E-state index >= 15 is 0 Å². The molecule has 3 aromatic rings. The molecule has 0 bridgehead atoms. The van der Waals surface area contributed by atoms with Crippen LogP contribution in [0, 0.1) is 0 Å². The lowest BCUT2D eigenvalue weighted by atomic mass is 9.96. The number of ether oxygens (including phenoxy) is 1. The van der Waals surface area contributed by atoms with Crippen LogP contribution in [0.5, 0.6) is 11.5 Å². The molecule has 0 amide bonds. The van der Waals surface area contributed by atoms with Gasteiger partial charge in [0.15, 0.2) is 5.76 Å². The van der Waals surface area contributed by atoms with E-state index in [1.807, 2.05) is 35.3 Å². The number of halogens is 2. The summed E-state index contributed by atoms with van der Waals surface area (Å²) in [5.41, 5.74) is 2.42. The third kappa shape index (κ3) is 2.80. The van der Waals surface area contributed by atoms with Crippen LogP contribution < -0.4 is 4.74 Å². The number of hydrogen-bond acceptors (Lipinski definition) is 5. The molecular weight excluding hydrogens is 432 g/mol. The molecular formula is C20H14BrClN2O3. The van der Waals surface area contributed by atoms with E-state index in [1.165, 1.54) is 0 Å². The zero-order chi connectivity index (χ0) is 18.5. The Hall–Kier alpha value is -2.44. The summed E-state index contributed by atoms with van der Waals surface area (Å²) >= 11 is 9.67. The van der Waals surface area contributed by atoms with Crippen LogP contribution in [-0.4, -0.2) is 15.8 Å². The normalized spacial score (nSPS) is 20.7. The van der Waals surface area contributed by atoms with Crippen molar-refractivity contribution in [3.8, 4) is 11.5 Å². The van der Waals surface area contributed by atoms with Crippen molar-refractivity contribution in [2.75, 3.05) is 0 Å². The van der Waals surface area contributed by atoms with Gasteiger partial charge in [0.25, 0.3) is 0 Å². The third-order valence-corrected chi connectivity index (χ3v) is 5.54. The lowest BCUT2D eigenvalue weighted by Gasteiger charge is -2.37. The van der Waals surface area contributed by atoms with Gasteiger partial charge in [0.1, 0.15) is 11.5 Å². The molecule has 136 valence electrons. The number of fused-ring (bicyclic) bond motifs is 3. The maximum absolute atomic E-state index is 10.3. The predicted molar refractivity (Wildman–Crippen MR) is 105 cm³/mol. The van der Waals surface area contributed by atoms with Gasteiger partial charge in [-0.1, -0.05) is 27.5 Å². The zero-order valence-electron chi connectivity index (χ0n) is 14.0. The van der Waals surface area contributed by atoms with Gasteiger partial charge in [-0.25, -0.2) is 5.01 Å². The number of benzene rings is 2. The van der Waals surface area contributed by atoms with E-state index in [1.54, 1.807) is 24.5 Å². The Bertz CT molecular complexity index is 1050. The topological polar surface area (TPSA) is 58.2 Å². The average Bonchev–Trinajstić information content (AvgIpc) is 3.33. The number of nitrogens with zero attached hydrogens (tertiary/aromatic N) is 2. The molecule has 0 saturated heterocycles. The highest BCUT2D eigenvalue weighted by Gasteiger charge is 2.42. The SMILES string of the molecule is Oc1ccc(Cl)cc1C1=NN2[C@H](C1)c1cc(Br)ccc1O[C@H]2c1ccco1. The van der Waals surface area contributed by atoms with Crippen LogP contribution in [0.15, 0.2) is 68.8 Å². The molecule has 0 radical (unpaired) electrons. The molecule has 3 heterocycles. The number of hydrazone groups is 1. The van der Waals surface area contributed by atoms with Crippen molar-refractivity contribution in [3.05, 3.63) is 81.2 Å². The first kappa shape index (κ1) is 16.7. The van der Waals surface area contributed by atoms with E-state index in [4.69, 9.17) is 25.9 Å². The van der Waals surface area contributed by atoms with Crippen molar-refractivity contribution in [1.82, 2.24) is 5.01 Å². The van der Waals surface area contributed by atoms with E-state index in [0.717, 1.165) is 21.5 Å². The molecule has 2 atom stereocenters. The summed E-state index contributed by atoms with van der Waals surface area (Å²) in [4.78, 5) is 0. The monoisotopic (exact) mass is 444 g/mol. The summed E-state index contributed by atoms with van der Waals surface area (Å²) < 4.78 is 12.8. The van der Waals surface area contributed by atoms with Crippen molar-refractivity contribution in [2.24, 2.45) is 5.10 Å². The van der Waals surface area contributed by atoms with Gasteiger partial charge in [-0.3, -0.25) is 0 Å². The van der Waals surface area contributed by atoms with Gasteiger partial charge in [-0.2, -0.15) is 5.10 Å². The second-order valence-electron chi connectivity index (χ2n) is 6.48. The fraction of sp³-hybridized carbons (Fsp3) is 0.150. The average molecular weight is 446 g/mol. The van der Waals surface area contributed by atoms with E-state index in [9.17, 15) is 5.11 Å². The molecule has 2 aliphatic rings. The van der Waals surface area contributed by atoms with Crippen molar-refractivity contribution in [3.63, 3.8) is 0 Å². The number of rotatable bonds is 2. The van der Waals surface area contributed by atoms with E-state index in [0.29, 0.717) is 22.8 Å². The first-order chi connectivity index (χ1) is 13.1. The quantitative estimate of drug-likeness (QED) is 0.554. The molecule has 5 nitrogen and oxygen atoms in total. The Kier molecular flexibility index (Phi) is 3.91. The summed E-state index contributed by atoms with van der Waals surface area (Å²) in [5.74, 6) is 1.63. The summed E-state index contributed by atoms with van der Waals surface area (Å²) in [6.45, 7) is 0. The lowest BCUT2D eigenvalue weighted by molar-refractivity contribution is -0.0325. The maximum Gasteiger partial charge on any atom is 0.246 e. The molecule has 0 aliphatic carbocycles. The van der Waals surface area contributed by atoms with Crippen molar-refractivity contribution in [2.45, 2.75) is 18.7 Å². The van der Waals surface area contributed by atoms with Crippen molar-refractivity contribution >= 4 is 33.2 Å². The van der Waals surface area contributed by atoms with Crippen LogP contribution in [0.2, 0.25) is 5.02 Å². The van der Waals surface area contributed by atoms with Gasteiger partial charge in [0.05, 0.1) is 18.0 Å².